The molecule has 2 aromatic rings. The molecule has 0 amide bonds. The molecule has 100 valence electrons. The molecule has 1 atom stereocenters. The van der Waals surface area contributed by atoms with Gasteiger partial charge in [0.15, 0.2) is 0 Å². The minimum atomic E-state index is -0.405. The zero-order valence-electron chi connectivity index (χ0n) is 10.5. The van der Waals surface area contributed by atoms with Crippen molar-refractivity contribution in [2.45, 2.75) is 18.7 Å². The van der Waals surface area contributed by atoms with Crippen molar-refractivity contribution < 1.29 is 8.78 Å². The van der Waals surface area contributed by atoms with Gasteiger partial charge >= 0.3 is 0 Å². The Balaban J connectivity index is 2.46. The second-order valence-electron chi connectivity index (χ2n) is 4.49. The number of hydrogen-bond donors (Lipinski definition) is 0. The van der Waals surface area contributed by atoms with Crippen molar-refractivity contribution in [1.82, 2.24) is 0 Å². The maximum atomic E-state index is 13.9. The molecule has 0 aromatic heterocycles. The zero-order valence-corrected chi connectivity index (χ0v) is 13.6. The van der Waals surface area contributed by atoms with Crippen LogP contribution in [0.25, 0.3) is 0 Å². The van der Waals surface area contributed by atoms with E-state index in [4.69, 9.17) is 0 Å². The van der Waals surface area contributed by atoms with E-state index in [9.17, 15) is 8.78 Å². The molecule has 0 radical (unpaired) electrons. The summed E-state index contributed by atoms with van der Waals surface area (Å²) in [6.45, 7) is 3.52. The first-order valence-corrected chi connectivity index (χ1v) is 7.46. The van der Waals surface area contributed by atoms with E-state index in [1.165, 1.54) is 12.1 Å². The minimum Gasteiger partial charge on any atom is -0.207 e. The van der Waals surface area contributed by atoms with Crippen molar-refractivity contribution in [3.05, 3.63) is 68.7 Å². The Morgan fingerprint density at radius 1 is 0.947 bits per heavy atom. The molecule has 2 aromatic carbocycles. The first-order valence-electron chi connectivity index (χ1n) is 5.76. The number of aryl methyl sites for hydroxylation is 2. The third-order valence-corrected chi connectivity index (χ3v) is 4.92. The molecule has 0 fully saturated rings. The molecule has 0 aliphatic heterocycles. The lowest BCUT2D eigenvalue weighted by atomic mass is 10.0. The highest BCUT2D eigenvalue weighted by Gasteiger charge is 2.17. The highest BCUT2D eigenvalue weighted by atomic mass is 79.9. The van der Waals surface area contributed by atoms with Gasteiger partial charge in [-0.05, 0) is 48.7 Å². The monoisotopic (exact) mass is 388 g/mol. The van der Waals surface area contributed by atoms with Gasteiger partial charge in [-0.25, -0.2) is 8.78 Å². The zero-order chi connectivity index (χ0) is 14.2. The molecule has 0 saturated carbocycles. The van der Waals surface area contributed by atoms with E-state index >= 15 is 0 Å². The van der Waals surface area contributed by atoms with Crippen molar-refractivity contribution >= 4 is 31.9 Å². The second-order valence-corrected chi connectivity index (χ2v) is 6.26. The normalized spacial score (nSPS) is 12.5. The molecule has 0 bridgehead atoms. The standard InChI is InChI=1S/C15H12Br2F2/c1-8-3-4-10(6-12(8)16)15(17)11-7-13(18)9(2)5-14(11)19/h3-7,15H,1-2H3. The lowest BCUT2D eigenvalue weighted by Crippen LogP contribution is -1.99. The molecule has 1 unspecified atom stereocenters. The Morgan fingerprint density at radius 3 is 2.26 bits per heavy atom. The van der Waals surface area contributed by atoms with Crippen molar-refractivity contribution in [1.29, 1.82) is 0 Å². The summed E-state index contributed by atoms with van der Waals surface area (Å²) in [5.41, 5.74) is 2.59. The van der Waals surface area contributed by atoms with Gasteiger partial charge < -0.3 is 0 Å². The fourth-order valence-electron chi connectivity index (χ4n) is 1.80. The highest BCUT2D eigenvalue weighted by molar-refractivity contribution is 9.10. The van der Waals surface area contributed by atoms with Gasteiger partial charge in [-0.1, -0.05) is 44.0 Å². The quantitative estimate of drug-likeness (QED) is 0.567. The average molecular weight is 390 g/mol. The molecular weight excluding hydrogens is 378 g/mol. The summed E-state index contributed by atoms with van der Waals surface area (Å²) in [5.74, 6) is -0.801. The van der Waals surface area contributed by atoms with Crippen LogP contribution in [-0.2, 0) is 0 Å². The molecule has 4 heteroatoms. The molecule has 0 heterocycles. The lowest BCUT2D eigenvalue weighted by Gasteiger charge is -2.14. The largest absolute Gasteiger partial charge is 0.207 e. The summed E-state index contributed by atoms with van der Waals surface area (Å²) in [7, 11) is 0. The Kier molecular flexibility index (Phi) is 4.41. The van der Waals surface area contributed by atoms with Gasteiger partial charge in [0.05, 0.1) is 4.83 Å². The highest BCUT2D eigenvalue weighted by Crippen LogP contribution is 2.35. The third kappa shape index (κ3) is 3.06. The Hall–Kier alpha value is -0.740. The van der Waals surface area contributed by atoms with Gasteiger partial charge in [-0.3, -0.25) is 0 Å². The number of halogens is 4. The predicted octanol–water partition coefficient (Wildman–Crippen LogP) is 5.83. The van der Waals surface area contributed by atoms with Gasteiger partial charge in [-0.2, -0.15) is 0 Å². The molecule has 0 saturated heterocycles. The first-order chi connectivity index (χ1) is 8.90. The molecule has 0 nitrogen and oxygen atoms in total. The minimum absolute atomic E-state index is 0.304. The summed E-state index contributed by atoms with van der Waals surface area (Å²) in [6, 6.07) is 8.22. The van der Waals surface area contributed by atoms with E-state index in [1.807, 2.05) is 25.1 Å². The van der Waals surface area contributed by atoms with Crippen molar-refractivity contribution in [3.63, 3.8) is 0 Å². The Morgan fingerprint density at radius 2 is 1.63 bits per heavy atom. The summed E-state index contributed by atoms with van der Waals surface area (Å²) in [5, 5.41) is 0. The van der Waals surface area contributed by atoms with Crippen molar-refractivity contribution in [2.75, 3.05) is 0 Å². The van der Waals surface area contributed by atoms with Crippen LogP contribution in [0.3, 0.4) is 0 Å². The molecule has 0 spiro atoms. The SMILES string of the molecule is Cc1cc(F)c(C(Br)c2ccc(C)c(Br)c2)cc1F. The van der Waals surface area contributed by atoms with E-state index in [0.29, 0.717) is 11.1 Å². The molecule has 0 aliphatic carbocycles. The van der Waals surface area contributed by atoms with E-state index in [1.54, 1.807) is 6.92 Å². The topological polar surface area (TPSA) is 0 Å². The fraction of sp³-hybridized carbons (Fsp3) is 0.200. The fourth-order valence-corrected chi connectivity index (χ4v) is 2.83. The van der Waals surface area contributed by atoms with Crippen LogP contribution in [-0.4, -0.2) is 0 Å². The van der Waals surface area contributed by atoms with E-state index in [2.05, 4.69) is 31.9 Å². The van der Waals surface area contributed by atoms with E-state index in [0.717, 1.165) is 15.6 Å². The summed E-state index contributed by atoms with van der Waals surface area (Å²) >= 11 is 6.88. The van der Waals surface area contributed by atoms with Gasteiger partial charge in [0.1, 0.15) is 11.6 Å². The predicted molar refractivity (Wildman–Crippen MR) is 80.7 cm³/mol. The van der Waals surface area contributed by atoms with Crippen LogP contribution >= 0.6 is 31.9 Å². The maximum Gasteiger partial charge on any atom is 0.128 e. The average Bonchev–Trinajstić information content (AvgIpc) is 2.36. The number of alkyl halides is 1. The Bertz CT molecular complexity index is 624. The number of benzene rings is 2. The third-order valence-electron chi connectivity index (χ3n) is 3.04. The van der Waals surface area contributed by atoms with E-state index in [-0.39, 0.29) is 4.83 Å². The van der Waals surface area contributed by atoms with Gasteiger partial charge in [0.25, 0.3) is 0 Å². The number of rotatable bonds is 2. The summed E-state index contributed by atoms with van der Waals surface area (Å²) in [6.07, 6.45) is 0. The van der Waals surface area contributed by atoms with Crippen molar-refractivity contribution in [2.24, 2.45) is 0 Å². The van der Waals surface area contributed by atoms with Crippen LogP contribution in [0.5, 0.6) is 0 Å². The van der Waals surface area contributed by atoms with Crippen LogP contribution in [0.4, 0.5) is 8.78 Å². The molecular formula is C15H12Br2F2. The van der Waals surface area contributed by atoms with Gasteiger partial charge in [0, 0.05) is 10.0 Å². The molecule has 19 heavy (non-hydrogen) atoms. The smallest absolute Gasteiger partial charge is 0.128 e. The molecule has 2 rings (SSSR count). The van der Waals surface area contributed by atoms with Crippen LogP contribution in [0, 0.1) is 25.5 Å². The lowest BCUT2D eigenvalue weighted by molar-refractivity contribution is 0.581. The molecule has 0 aliphatic rings. The van der Waals surface area contributed by atoms with Crippen LogP contribution < -0.4 is 0 Å². The summed E-state index contributed by atoms with van der Waals surface area (Å²) < 4.78 is 28.5. The van der Waals surface area contributed by atoms with Crippen LogP contribution in [0.1, 0.15) is 27.1 Å². The number of hydrogen-bond acceptors (Lipinski definition) is 0. The Labute approximate surface area is 128 Å². The summed E-state index contributed by atoms with van der Waals surface area (Å²) in [4.78, 5) is -0.375. The van der Waals surface area contributed by atoms with Gasteiger partial charge in [0.2, 0.25) is 0 Å². The van der Waals surface area contributed by atoms with Crippen LogP contribution in [0.2, 0.25) is 0 Å². The van der Waals surface area contributed by atoms with Crippen molar-refractivity contribution in [3.8, 4) is 0 Å². The first kappa shape index (κ1) is 14.7. The maximum absolute atomic E-state index is 13.9. The molecule has 0 N–H and O–H groups in total. The second kappa shape index (κ2) is 5.71. The van der Waals surface area contributed by atoms with E-state index < -0.39 is 11.6 Å². The van der Waals surface area contributed by atoms with Crippen LogP contribution in [0.15, 0.2) is 34.8 Å². The van der Waals surface area contributed by atoms with Gasteiger partial charge in [-0.15, -0.1) is 0 Å².